The highest BCUT2D eigenvalue weighted by molar-refractivity contribution is 7.17. The molecule has 0 saturated heterocycles. The van der Waals surface area contributed by atoms with Crippen molar-refractivity contribution in [2.45, 2.75) is 13.1 Å². The van der Waals surface area contributed by atoms with Crippen LogP contribution in [0.15, 0.2) is 23.6 Å². The molecule has 14 heavy (non-hydrogen) atoms. The summed E-state index contributed by atoms with van der Waals surface area (Å²) in [5, 5.41) is 2.34. The Morgan fingerprint density at radius 1 is 1.14 bits per heavy atom. The lowest BCUT2D eigenvalue weighted by atomic mass is 10.1. The van der Waals surface area contributed by atoms with Gasteiger partial charge in [0.25, 0.3) is 0 Å². The summed E-state index contributed by atoms with van der Waals surface area (Å²) in [6, 6.07) is 4.93. The van der Waals surface area contributed by atoms with E-state index in [1.165, 1.54) is 13.0 Å². The van der Waals surface area contributed by atoms with Crippen molar-refractivity contribution in [1.82, 2.24) is 0 Å². The Balaban J connectivity index is 2.83. The second kappa shape index (κ2) is 2.98. The van der Waals surface area contributed by atoms with Crippen molar-refractivity contribution < 1.29 is 13.2 Å². The summed E-state index contributed by atoms with van der Waals surface area (Å²) < 4.78 is 38.3. The van der Waals surface area contributed by atoms with Crippen molar-refractivity contribution in [2.24, 2.45) is 0 Å². The SMILES string of the molecule is Cc1ccc2ccsc2c1C(F)(F)F. The van der Waals surface area contributed by atoms with Gasteiger partial charge in [-0.15, -0.1) is 11.3 Å². The molecular weight excluding hydrogens is 209 g/mol. The first-order valence-electron chi connectivity index (χ1n) is 4.04. The Hall–Kier alpha value is -1.03. The van der Waals surface area contributed by atoms with E-state index in [9.17, 15) is 13.2 Å². The first-order valence-corrected chi connectivity index (χ1v) is 4.92. The highest BCUT2D eigenvalue weighted by Crippen LogP contribution is 2.39. The molecule has 0 aliphatic rings. The fraction of sp³-hybridized carbons (Fsp3) is 0.200. The maximum atomic E-state index is 12.7. The number of aryl methyl sites for hydroxylation is 1. The summed E-state index contributed by atoms with van der Waals surface area (Å²) >= 11 is 1.13. The maximum Gasteiger partial charge on any atom is 0.418 e. The molecule has 1 aromatic heterocycles. The molecule has 0 aliphatic carbocycles. The average Bonchev–Trinajstić information content (AvgIpc) is 2.48. The highest BCUT2D eigenvalue weighted by Gasteiger charge is 2.34. The Morgan fingerprint density at radius 3 is 2.50 bits per heavy atom. The van der Waals surface area contributed by atoms with Crippen LogP contribution in [0.5, 0.6) is 0 Å². The van der Waals surface area contributed by atoms with Gasteiger partial charge in [0.05, 0.1) is 5.56 Å². The van der Waals surface area contributed by atoms with Gasteiger partial charge in [-0.05, 0) is 29.3 Å². The Bertz CT molecular complexity index is 468. The topological polar surface area (TPSA) is 0 Å². The first-order chi connectivity index (χ1) is 6.50. The lowest BCUT2D eigenvalue weighted by Gasteiger charge is -2.10. The minimum Gasteiger partial charge on any atom is -0.166 e. The van der Waals surface area contributed by atoms with Crippen molar-refractivity contribution in [3.63, 3.8) is 0 Å². The predicted molar refractivity (Wildman–Crippen MR) is 51.6 cm³/mol. The molecule has 0 unspecified atom stereocenters. The van der Waals surface area contributed by atoms with Gasteiger partial charge < -0.3 is 0 Å². The molecule has 0 N–H and O–H groups in total. The summed E-state index contributed by atoms with van der Waals surface area (Å²) in [4.78, 5) is 0. The molecule has 2 aromatic rings. The second-order valence-electron chi connectivity index (χ2n) is 3.09. The molecule has 2 rings (SSSR count). The van der Waals surface area contributed by atoms with Gasteiger partial charge in [0.15, 0.2) is 0 Å². The molecular formula is C10H7F3S. The van der Waals surface area contributed by atoms with Gasteiger partial charge in [-0.25, -0.2) is 0 Å². The van der Waals surface area contributed by atoms with Crippen LogP contribution in [-0.2, 0) is 6.18 Å². The first kappa shape index (κ1) is 9.52. The van der Waals surface area contributed by atoms with Gasteiger partial charge >= 0.3 is 6.18 Å². The maximum absolute atomic E-state index is 12.7. The third kappa shape index (κ3) is 1.39. The zero-order valence-electron chi connectivity index (χ0n) is 7.35. The van der Waals surface area contributed by atoms with Crippen molar-refractivity contribution >= 4 is 21.4 Å². The monoisotopic (exact) mass is 216 g/mol. The Morgan fingerprint density at radius 2 is 1.86 bits per heavy atom. The summed E-state index contributed by atoms with van der Waals surface area (Å²) in [5.41, 5.74) is -0.211. The van der Waals surface area contributed by atoms with Crippen molar-refractivity contribution in [3.8, 4) is 0 Å². The number of hydrogen-bond acceptors (Lipinski definition) is 1. The lowest BCUT2D eigenvalue weighted by Crippen LogP contribution is -2.07. The van der Waals surface area contributed by atoms with Gasteiger partial charge in [-0.3, -0.25) is 0 Å². The minimum atomic E-state index is -4.26. The van der Waals surface area contributed by atoms with Crippen LogP contribution in [0.4, 0.5) is 13.2 Å². The molecule has 0 atom stereocenters. The normalized spacial score (nSPS) is 12.3. The average molecular weight is 216 g/mol. The molecule has 1 heterocycles. The van der Waals surface area contributed by atoms with Crippen LogP contribution in [0.1, 0.15) is 11.1 Å². The van der Waals surface area contributed by atoms with Crippen LogP contribution in [0.3, 0.4) is 0 Å². The number of thiophene rings is 1. The van der Waals surface area contributed by atoms with Crippen LogP contribution in [0, 0.1) is 6.92 Å². The molecule has 1 aromatic carbocycles. The Labute approximate surface area is 83.0 Å². The van der Waals surface area contributed by atoms with E-state index in [1.807, 2.05) is 0 Å². The highest BCUT2D eigenvalue weighted by atomic mass is 32.1. The van der Waals surface area contributed by atoms with E-state index >= 15 is 0 Å². The van der Waals surface area contributed by atoms with Gasteiger partial charge in [0, 0.05) is 4.70 Å². The van der Waals surface area contributed by atoms with Crippen LogP contribution >= 0.6 is 11.3 Å². The van der Waals surface area contributed by atoms with Crippen molar-refractivity contribution in [2.75, 3.05) is 0 Å². The standard InChI is InChI=1S/C10H7F3S/c1-6-2-3-7-4-5-14-9(7)8(6)10(11,12)13/h2-5H,1H3. The van der Waals surface area contributed by atoms with E-state index in [-0.39, 0.29) is 5.56 Å². The summed E-state index contributed by atoms with van der Waals surface area (Å²) in [6.07, 6.45) is -4.26. The molecule has 0 spiro atoms. The number of fused-ring (bicyclic) bond motifs is 1. The van der Waals surface area contributed by atoms with Gasteiger partial charge in [0.1, 0.15) is 0 Å². The predicted octanol–water partition coefficient (Wildman–Crippen LogP) is 4.23. The number of benzene rings is 1. The number of rotatable bonds is 0. The number of alkyl halides is 3. The number of halogens is 3. The van der Waals surface area contributed by atoms with Gasteiger partial charge in [0.2, 0.25) is 0 Å². The van der Waals surface area contributed by atoms with Crippen molar-refractivity contribution in [3.05, 3.63) is 34.7 Å². The fourth-order valence-corrected chi connectivity index (χ4v) is 2.50. The van der Waals surface area contributed by atoms with E-state index in [0.29, 0.717) is 10.1 Å². The van der Waals surface area contributed by atoms with E-state index in [0.717, 1.165) is 11.3 Å². The molecule has 0 aliphatic heterocycles. The smallest absolute Gasteiger partial charge is 0.166 e. The molecule has 0 saturated carbocycles. The molecule has 0 bridgehead atoms. The molecule has 0 radical (unpaired) electrons. The van der Waals surface area contributed by atoms with Crippen molar-refractivity contribution in [1.29, 1.82) is 0 Å². The van der Waals surface area contributed by atoms with E-state index < -0.39 is 11.7 Å². The lowest BCUT2D eigenvalue weighted by molar-refractivity contribution is -0.136. The van der Waals surface area contributed by atoms with Gasteiger partial charge in [-0.1, -0.05) is 12.1 Å². The zero-order chi connectivity index (χ0) is 10.3. The quantitative estimate of drug-likeness (QED) is 0.618. The zero-order valence-corrected chi connectivity index (χ0v) is 8.17. The van der Waals surface area contributed by atoms with Gasteiger partial charge in [-0.2, -0.15) is 13.2 Å². The third-order valence-corrected chi connectivity index (χ3v) is 3.06. The minimum absolute atomic E-state index is 0.285. The fourth-order valence-electron chi connectivity index (χ4n) is 1.48. The molecule has 0 amide bonds. The molecule has 0 fully saturated rings. The van der Waals surface area contributed by atoms with Crippen LogP contribution in [0.25, 0.3) is 10.1 Å². The van der Waals surface area contributed by atoms with E-state index in [1.54, 1.807) is 17.5 Å². The Kier molecular flexibility index (Phi) is 2.03. The van der Waals surface area contributed by atoms with Crippen LogP contribution in [0.2, 0.25) is 0 Å². The number of hydrogen-bond donors (Lipinski definition) is 0. The molecule has 0 nitrogen and oxygen atoms in total. The molecule has 4 heteroatoms. The summed E-state index contributed by atoms with van der Waals surface area (Å²) in [5.74, 6) is 0. The van der Waals surface area contributed by atoms with E-state index in [4.69, 9.17) is 0 Å². The summed E-state index contributed by atoms with van der Waals surface area (Å²) in [7, 11) is 0. The summed E-state index contributed by atoms with van der Waals surface area (Å²) in [6.45, 7) is 1.49. The van der Waals surface area contributed by atoms with E-state index in [2.05, 4.69) is 0 Å². The molecule has 74 valence electrons. The van der Waals surface area contributed by atoms with Crippen LogP contribution in [-0.4, -0.2) is 0 Å². The van der Waals surface area contributed by atoms with Crippen LogP contribution < -0.4 is 0 Å². The largest absolute Gasteiger partial charge is 0.418 e. The third-order valence-electron chi connectivity index (χ3n) is 2.11. The second-order valence-corrected chi connectivity index (χ2v) is 4.01.